The summed E-state index contributed by atoms with van der Waals surface area (Å²) in [6.45, 7) is 18.6. The molecule has 0 heterocycles. The van der Waals surface area contributed by atoms with E-state index < -0.39 is 22.0 Å². The third kappa shape index (κ3) is 4.54. The summed E-state index contributed by atoms with van der Waals surface area (Å²) in [5, 5.41) is 0. The molecule has 1 aliphatic carbocycles. The second kappa shape index (κ2) is 6.07. The molecule has 4 heteroatoms. The van der Waals surface area contributed by atoms with Crippen LogP contribution in [-0.2, 0) is 9.22 Å². The van der Waals surface area contributed by atoms with Gasteiger partial charge in [0.15, 0.2) is 8.32 Å². The molecule has 0 radical (unpaired) electrons. The lowest BCUT2D eigenvalue weighted by atomic mass is 9.71. The second-order valence-electron chi connectivity index (χ2n) is 7.76. The molecule has 0 saturated heterocycles. The number of ketones is 1. The zero-order chi connectivity index (χ0) is 16.5. The number of hydrogen-bond donors (Lipinski definition) is 0. The minimum Gasteiger partial charge on any atom is -0.402 e. The molecule has 0 fully saturated rings. The first-order valence-electron chi connectivity index (χ1n) is 7.53. The van der Waals surface area contributed by atoms with Gasteiger partial charge in [0.2, 0.25) is 5.78 Å². The molecular formula is C17H28O2Si2. The molecule has 0 bridgehead atoms. The van der Waals surface area contributed by atoms with Crippen LogP contribution in [0.1, 0.15) is 19.8 Å². The van der Waals surface area contributed by atoms with Crippen LogP contribution in [0.3, 0.4) is 0 Å². The maximum absolute atomic E-state index is 12.6. The number of hydrogen-bond acceptors (Lipinski definition) is 2. The normalized spacial score (nSPS) is 22.5. The Kier molecular flexibility index (Phi) is 5.25. The Hall–Kier alpha value is -0.896. The molecule has 1 aliphatic rings. The van der Waals surface area contributed by atoms with Crippen LogP contribution in [0.25, 0.3) is 0 Å². The fourth-order valence-electron chi connectivity index (χ4n) is 2.40. The predicted molar refractivity (Wildman–Crippen MR) is 95.4 cm³/mol. The van der Waals surface area contributed by atoms with Gasteiger partial charge in [0.1, 0.15) is 13.7 Å². The summed E-state index contributed by atoms with van der Waals surface area (Å²) < 4.78 is 6.19. The van der Waals surface area contributed by atoms with Crippen LogP contribution in [0.15, 0.2) is 23.8 Å². The average Bonchev–Trinajstić information content (AvgIpc) is 2.29. The van der Waals surface area contributed by atoms with E-state index in [0.717, 1.165) is 18.4 Å². The average molecular weight is 321 g/mol. The summed E-state index contributed by atoms with van der Waals surface area (Å²) in [6.07, 6.45) is 3.55. The minimum absolute atomic E-state index is 0.0646. The fraction of sp³-hybridized carbons (Fsp3) is 0.588. The van der Waals surface area contributed by atoms with Crippen molar-refractivity contribution in [1.29, 1.82) is 0 Å². The number of rotatable bonds is 5. The first-order chi connectivity index (χ1) is 9.41. The van der Waals surface area contributed by atoms with Crippen molar-refractivity contribution in [3.8, 4) is 11.5 Å². The standard InChI is InChI=1S/C17H28O2Si2/c1-9-10-11-15-14(12-13-20(3,4)5)16(18)17(15,2)19-21(6,7)8/h9H,1,10-11H2,2-8H3. The van der Waals surface area contributed by atoms with E-state index in [0.29, 0.717) is 5.57 Å². The van der Waals surface area contributed by atoms with Crippen LogP contribution < -0.4 is 0 Å². The van der Waals surface area contributed by atoms with Crippen LogP contribution in [0.5, 0.6) is 0 Å². The van der Waals surface area contributed by atoms with Crippen LogP contribution in [0.4, 0.5) is 0 Å². The Morgan fingerprint density at radius 3 is 2.24 bits per heavy atom. The van der Waals surface area contributed by atoms with Crippen molar-refractivity contribution in [2.75, 3.05) is 0 Å². The van der Waals surface area contributed by atoms with Gasteiger partial charge in [-0.25, -0.2) is 0 Å². The van der Waals surface area contributed by atoms with Crippen molar-refractivity contribution in [2.24, 2.45) is 0 Å². The van der Waals surface area contributed by atoms with Crippen LogP contribution in [0.2, 0.25) is 39.3 Å². The van der Waals surface area contributed by atoms with E-state index in [-0.39, 0.29) is 5.78 Å². The van der Waals surface area contributed by atoms with Gasteiger partial charge in [0, 0.05) is 0 Å². The molecule has 0 spiro atoms. The third-order valence-electron chi connectivity index (χ3n) is 3.21. The molecule has 0 saturated carbocycles. The lowest BCUT2D eigenvalue weighted by Crippen LogP contribution is -2.55. The Balaban J connectivity index is 3.19. The molecule has 1 rings (SSSR count). The summed E-state index contributed by atoms with van der Waals surface area (Å²) in [4.78, 5) is 12.6. The summed E-state index contributed by atoms with van der Waals surface area (Å²) in [7, 11) is -3.28. The number of carbonyl (C=O) groups is 1. The molecule has 0 aromatic heterocycles. The van der Waals surface area contributed by atoms with Gasteiger partial charge in [0.25, 0.3) is 0 Å². The molecule has 1 unspecified atom stereocenters. The highest BCUT2D eigenvalue weighted by Gasteiger charge is 2.51. The highest BCUT2D eigenvalue weighted by atomic mass is 28.4. The van der Waals surface area contributed by atoms with Gasteiger partial charge in [-0.05, 0) is 45.0 Å². The van der Waals surface area contributed by atoms with Crippen molar-refractivity contribution in [3.63, 3.8) is 0 Å². The van der Waals surface area contributed by atoms with Crippen LogP contribution in [-0.4, -0.2) is 27.8 Å². The fourth-order valence-corrected chi connectivity index (χ4v) is 4.34. The highest BCUT2D eigenvalue weighted by molar-refractivity contribution is 6.84. The molecule has 0 amide bonds. The van der Waals surface area contributed by atoms with Crippen LogP contribution in [0, 0.1) is 11.5 Å². The van der Waals surface area contributed by atoms with Gasteiger partial charge in [-0.15, -0.1) is 12.1 Å². The first-order valence-corrected chi connectivity index (χ1v) is 14.4. The molecule has 2 nitrogen and oxygen atoms in total. The van der Waals surface area contributed by atoms with Gasteiger partial charge in [-0.2, -0.15) is 0 Å². The monoisotopic (exact) mass is 320 g/mol. The molecular weight excluding hydrogens is 292 g/mol. The molecule has 116 valence electrons. The quantitative estimate of drug-likeness (QED) is 0.428. The summed E-state index contributed by atoms with van der Waals surface area (Å²) >= 11 is 0. The molecule has 0 aromatic rings. The van der Waals surface area contributed by atoms with E-state index >= 15 is 0 Å². The largest absolute Gasteiger partial charge is 0.402 e. The zero-order valence-electron chi connectivity index (χ0n) is 14.5. The maximum atomic E-state index is 12.6. The maximum Gasteiger partial charge on any atom is 0.205 e. The summed E-state index contributed by atoms with van der Waals surface area (Å²) in [6, 6.07) is 0. The van der Waals surface area contributed by atoms with E-state index in [1.807, 2.05) is 13.0 Å². The number of Topliss-reactive ketones (excluding diaryl/α,β-unsaturated/α-hetero) is 1. The van der Waals surface area contributed by atoms with E-state index in [9.17, 15) is 4.79 Å². The van der Waals surface area contributed by atoms with E-state index in [1.54, 1.807) is 0 Å². The summed E-state index contributed by atoms with van der Waals surface area (Å²) in [5.41, 5.74) is 4.31. The highest BCUT2D eigenvalue weighted by Crippen LogP contribution is 2.42. The molecule has 0 N–H and O–H groups in total. The van der Waals surface area contributed by atoms with Gasteiger partial charge < -0.3 is 4.43 Å². The minimum atomic E-state index is -1.79. The number of allylic oxidation sites excluding steroid dienone is 1. The first kappa shape index (κ1) is 18.2. The van der Waals surface area contributed by atoms with Crippen LogP contribution >= 0.6 is 0 Å². The van der Waals surface area contributed by atoms with Crippen molar-refractivity contribution in [1.82, 2.24) is 0 Å². The predicted octanol–water partition coefficient (Wildman–Crippen LogP) is 4.32. The van der Waals surface area contributed by atoms with Crippen molar-refractivity contribution >= 4 is 22.2 Å². The zero-order valence-corrected chi connectivity index (χ0v) is 16.5. The summed E-state index contributed by atoms with van der Waals surface area (Å²) in [5.74, 6) is 3.22. The van der Waals surface area contributed by atoms with Crippen molar-refractivity contribution in [3.05, 3.63) is 23.8 Å². The van der Waals surface area contributed by atoms with Gasteiger partial charge >= 0.3 is 0 Å². The van der Waals surface area contributed by atoms with E-state index in [1.165, 1.54) is 0 Å². The topological polar surface area (TPSA) is 26.3 Å². The van der Waals surface area contributed by atoms with Crippen molar-refractivity contribution in [2.45, 2.75) is 64.6 Å². The van der Waals surface area contributed by atoms with E-state index in [2.05, 4.69) is 57.3 Å². The van der Waals surface area contributed by atoms with Gasteiger partial charge in [-0.1, -0.05) is 31.6 Å². The Labute approximate surface area is 131 Å². The van der Waals surface area contributed by atoms with Gasteiger partial charge in [-0.3, -0.25) is 4.79 Å². The van der Waals surface area contributed by atoms with Gasteiger partial charge in [0.05, 0.1) is 5.57 Å². The lowest BCUT2D eigenvalue weighted by Gasteiger charge is -2.44. The Bertz CT molecular complexity index is 536. The van der Waals surface area contributed by atoms with E-state index in [4.69, 9.17) is 4.43 Å². The second-order valence-corrected chi connectivity index (χ2v) is 16.9. The molecule has 0 aliphatic heterocycles. The molecule has 0 aromatic carbocycles. The Morgan fingerprint density at radius 1 is 1.24 bits per heavy atom. The lowest BCUT2D eigenvalue weighted by molar-refractivity contribution is -0.130. The number of carbonyl (C=O) groups excluding carboxylic acids is 1. The Morgan fingerprint density at radius 2 is 1.81 bits per heavy atom. The SMILES string of the molecule is C=CCCC1=C(C#C[Si](C)(C)C)C(=O)C1(C)O[Si](C)(C)C. The molecule has 1 atom stereocenters. The smallest absolute Gasteiger partial charge is 0.205 e. The van der Waals surface area contributed by atoms with Crippen molar-refractivity contribution < 1.29 is 9.22 Å². The third-order valence-corrected chi connectivity index (χ3v) is 5.10. The molecule has 21 heavy (non-hydrogen) atoms.